The molecule has 0 aliphatic heterocycles. The van der Waals surface area contributed by atoms with Crippen molar-refractivity contribution in [3.63, 3.8) is 0 Å². The molecule has 0 radical (unpaired) electrons. The lowest BCUT2D eigenvalue weighted by Gasteiger charge is -2.28. The van der Waals surface area contributed by atoms with E-state index < -0.39 is 5.97 Å². The van der Waals surface area contributed by atoms with E-state index in [1.807, 2.05) is 0 Å². The normalized spacial score (nSPS) is 17.9. The molecule has 4 heteroatoms. The summed E-state index contributed by atoms with van der Waals surface area (Å²) in [6.45, 7) is 2.51. The van der Waals surface area contributed by atoms with Gasteiger partial charge in [-0.2, -0.15) is 0 Å². The molecule has 0 heterocycles. The fourth-order valence-corrected chi connectivity index (χ4v) is 2.92. The van der Waals surface area contributed by atoms with E-state index in [2.05, 4.69) is 12.2 Å². The third-order valence-corrected chi connectivity index (χ3v) is 4.26. The number of rotatable bonds is 5. The predicted molar refractivity (Wildman–Crippen MR) is 76.2 cm³/mol. The Morgan fingerprint density at radius 1 is 1.40 bits per heavy atom. The second kappa shape index (κ2) is 6.84. The van der Waals surface area contributed by atoms with Gasteiger partial charge in [0.2, 0.25) is 0 Å². The summed E-state index contributed by atoms with van der Waals surface area (Å²) < 4.78 is 13.7. The molecule has 1 aromatic carbocycles. The van der Waals surface area contributed by atoms with Crippen LogP contribution in [0.15, 0.2) is 18.2 Å². The second-order valence-electron chi connectivity index (χ2n) is 5.68. The zero-order valence-electron chi connectivity index (χ0n) is 11.9. The summed E-state index contributed by atoms with van der Waals surface area (Å²) in [7, 11) is 0. The molecule has 0 unspecified atom stereocenters. The Morgan fingerprint density at radius 2 is 2.10 bits per heavy atom. The summed E-state index contributed by atoms with van der Waals surface area (Å²) in [6, 6.07) is 4.28. The minimum atomic E-state index is -1.02. The molecular formula is C16H22FNO2. The van der Waals surface area contributed by atoms with Gasteiger partial charge in [0.25, 0.3) is 0 Å². The van der Waals surface area contributed by atoms with E-state index in [0.29, 0.717) is 24.1 Å². The number of hydrogen-bond donors (Lipinski definition) is 2. The summed E-state index contributed by atoms with van der Waals surface area (Å²) >= 11 is 0. The molecule has 0 saturated heterocycles. The van der Waals surface area contributed by atoms with Crippen LogP contribution in [-0.2, 0) is 6.54 Å². The molecule has 0 bridgehead atoms. The molecule has 1 saturated carbocycles. The van der Waals surface area contributed by atoms with Crippen molar-refractivity contribution >= 4 is 5.97 Å². The van der Waals surface area contributed by atoms with E-state index in [9.17, 15) is 9.18 Å². The molecular weight excluding hydrogens is 257 g/mol. The Morgan fingerprint density at radius 3 is 2.75 bits per heavy atom. The summed E-state index contributed by atoms with van der Waals surface area (Å²) in [4.78, 5) is 10.9. The van der Waals surface area contributed by atoms with Crippen LogP contribution in [0.3, 0.4) is 0 Å². The maximum absolute atomic E-state index is 13.7. The van der Waals surface area contributed by atoms with Gasteiger partial charge in [0.05, 0.1) is 5.56 Å². The highest BCUT2D eigenvalue weighted by Crippen LogP contribution is 2.26. The molecule has 0 amide bonds. The highest BCUT2D eigenvalue weighted by Gasteiger charge is 2.20. The van der Waals surface area contributed by atoms with Gasteiger partial charge in [0.15, 0.2) is 0 Å². The lowest BCUT2D eigenvalue weighted by atomic mass is 9.84. The maximum atomic E-state index is 13.7. The number of nitrogens with one attached hydrogen (secondary N) is 1. The Hall–Kier alpha value is -1.42. The molecule has 0 spiro atoms. The topological polar surface area (TPSA) is 49.3 Å². The van der Waals surface area contributed by atoms with Gasteiger partial charge in [-0.15, -0.1) is 0 Å². The van der Waals surface area contributed by atoms with Gasteiger partial charge in [0.1, 0.15) is 5.82 Å². The van der Waals surface area contributed by atoms with Crippen LogP contribution in [-0.4, -0.2) is 17.1 Å². The van der Waals surface area contributed by atoms with Crippen LogP contribution in [0.4, 0.5) is 4.39 Å². The molecule has 0 aromatic heterocycles. The van der Waals surface area contributed by atoms with Crippen LogP contribution in [0.2, 0.25) is 0 Å². The van der Waals surface area contributed by atoms with Crippen molar-refractivity contribution in [2.45, 2.75) is 51.6 Å². The average Bonchev–Trinajstić information content (AvgIpc) is 2.46. The largest absolute Gasteiger partial charge is 0.478 e. The van der Waals surface area contributed by atoms with Crippen LogP contribution >= 0.6 is 0 Å². The minimum absolute atomic E-state index is 0.133. The molecule has 3 nitrogen and oxygen atoms in total. The van der Waals surface area contributed by atoms with Gasteiger partial charge >= 0.3 is 5.97 Å². The molecule has 1 fully saturated rings. The SMILES string of the molecule is C[C@H](NCc1cc(C(=O)O)ccc1F)C1CCCCC1. The Labute approximate surface area is 119 Å². The Bertz CT molecular complexity index is 470. The standard InChI is InChI=1S/C16H22FNO2/c1-11(12-5-3-2-4-6-12)18-10-14-9-13(16(19)20)7-8-15(14)17/h7-9,11-12,18H,2-6,10H2,1H3,(H,19,20)/t11-/m0/s1. The fourth-order valence-electron chi connectivity index (χ4n) is 2.92. The van der Waals surface area contributed by atoms with E-state index in [4.69, 9.17) is 5.11 Å². The lowest BCUT2D eigenvalue weighted by molar-refractivity contribution is 0.0696. The summed E-state index contributed by atoms with van der Waals surface area (Å²) in [6.07, 6.45) is 6.33. The number of halogens is 1. The number of carboxylic acids is 1. The maximum Gasteiger partial charge on any atom is 0.335 e. The van der Waals surface area contributed by atoms with Gasteiger partial charge < -0.3 is 10.4 Å². The van der Waals surface area contributed by atoms with Crippen LogP contribution in [0, 0.1) is 11.7 Å². The molecule has 2 N–H and O–H groups in total. The van der Waals surface area contributed by atoms with Gasteiger partial charge in [-0.1, -0.05) is 19.3 Å². The van der Waals surface area contributed by atoms with Crippen LogP contribution in [0.5, 0.6) is 0 Å². The molecule has 1 atom stereocenters. The second-order valence-corrected chi connectivity index (χ2v) is 5.68. The highest BCUT2D eigenvalue weighted by molar-refractivity contribution is 5.87. The third-order valence-electron chi connectivity index (χ3n) is 4.26. The van der Waals surface area contributed by atoms with Crippen LogP contribution in [0.1, 0.15) is 54.9 Å². The minimum Gasteiger partial charge on any atom is -0.478 e. The third kappa shape index (κ3) is 3.79. The van der Waals surface area contributed by atoms with E-state index in [1.54, 1.807) is 0 Å². The number of aromatic carboxylic acids is 1. The number of carbonyl (C=O) groups is 1. The van der Waals surface area contributed by atoms with Gasteiger partial charge in [0, 0.05) is 18.2 Å². The van der Waals surface area contributed by atoms with E-state index in [0.717, 1.165) is 0 Å². The first-order valence-electron chi connectivity index (χ1n) is 7.33. The first-order valence-corrected chi connectivity index (χ1v) is 7.33. The van der Waals surface area contributed by atoms with Crippen molar-refractivity contribution in [2.75, 3.05) is 0 Å². The summed E-state index contributed by atoms with van der Waals surface area (Å²) in [5.74, 6) is -0.723. The zero-order valence-corrected chi connectivity index (χ0v) is 11.9. The van der Waals surface area contributed by atoms with Crippen molar-refractivity contribution in [1.82, 2.24) is 5.32 Å². The summed E-state index contributed by atoms with van der Waals surface area (Å²) in [5.41, 5.74) is 0.557. The molecule has 110 valence electrons. The van der Waals surface area contributed by atoms with E-state index >= 15 is 0 Å². The van der Waals surface area contributed by atoms with Crippen LogP contribution in [0.25, 0.3) is 0 Å². The van der Waals surface area contributed by atoms with Crippen molar-refractivity contribution in [3.05, 3.63) is 35.1 Å². The van der Waals surface area contributed by atoms with E-state index in [1.165, 1.54) is 50.3 Å². The Kier molecular flexibility index (Phi) is 5.12. The molecule has 20 heavy (non-hydrogen) atoms. The fraction of sp³-hybridized carbons (Fsp3) is 0.562. The lowest BCUT2D eigenvalue weighted by Crippen LogP contribution is -2.34. The number of hydrogen-bond acceptors (Lipinski definition) is 2. The van der Waals surface area contributed by atoms with Gasteiger partial charge in [-0.3, -0.25) is 0 Å². The molecule has 1 aliphatic rings. The molecule has 1 aliphatic carbocycles. The number of carboxylic acid groups (broad SMARTS) is 1. The molecule has 2 rings (SSSR count). The summed E-state index contributed by atoms with van der Waals surface area (Å²) in [5, 5.41) is 12.3. The zero-order chi connectivity index (χ0) is 14.5. The average molecular weight is 279 g/mol. The van der Waals surface area contributed by atoms with Crippen molar-refractivity contribution in [3.8, 4) is 0 Å². The van der Waals surface area contributed by atoms with Crippen molar-refractivity contribution < 1.29 is 14.3 Å². The van der Waals surface area contributed by atoms with Crippen molar-refractivity contribution in [1.29, 1.82) is 0 Å². The molecule has 1 aromatic rings. The Balaban J connectivity index is 1.95. The number of benzene rings is 1. The monoisotopic (exact) mass is 279 g/mol. The predicted octanol–water partition coefficient (Wildman–Crippen LogP) is 3.58. The van der Waals surface area contributed by atoms with E-state index in [-0.39, 0.29) is 11.4 Å². The van der Waals surface area contributed by atoms with Gasteiger partial charge in [-0.05, 0) is 43.9 Å². The smallest absolute Gasteiger partial charge is 0.335 e. The van der Waals surface area contributed by atoms with Crippen LogP contribution < -0.4 is 5.32 Å². The van der Waals surface area contributed by atoms with Gasteiger partial charge in [-0.25, -0.2) is 9.18 Å². The first-order chi connectivity index (χ1) is 9.58. The quantitative estimate of drug-likeness (QED) is 0.866. The van der Waals surface area contributed by atoms with Crippen molar-refractivity contribution in [2.24, 2.45) is 5.92 Å². The first kappa shape index (κ1) is 15.0. The highest BCUT2D eigenvalue weighted by atomic mass is 19.1.